The highest BCUT2D eigenvalue weighted by atomic mass is 16.3. The second kappa shape index (κ2) is 6.76. The molecule has 4 heteroatoms. The van der Waals surface area contributed by atoms with E-state index in [1.807, 2.05) is 73.7 Å². The van der Waals surface area contributed by atoms with Crippen molar-refractivity contribution < 1.29 is 5.11 Å². The Kier molecular flexibility index (Phi) is 4.15. The Bertz CT molecular complexity index is 1030. The van der Waals surface area contributed by atoms with Crippen LogP contribution >= 0.6 is 0 Å². The lowest BCUT2D eigenvalue weighted by Gasteiger charge is -2.12. The fourth-order valence-corrected chi connectivity index (χ4v) is 2.82. The van der Waals surface area contributed by atoms with Crippen molar-refractivity contribution in [2.45, 2.75) is 6.92 Å². The largest absolute Gasteiger partial charge is 0.505 e. The Labute approximate surface area is 151 Å². The highest BCUT2D eigenvalue weighted by Gasteiger charge is 2.17. The van der Waals surface area contributed by atoms with Crippen molar-refractivity contribution in [3.63, 3.8) is 0 Å². The zero-order chi connectivity index (χ0) is 17.9. The summed E-state index contributed by atoms with van der Waals surface area (Å²) >= 11 is 0. The summed E-state index contributed by atoms with van der Waals surface area (Å²) in [7, 11) is 0. The van der Waals surface area contributed by atoms with Crippen molar-refractivity contribution in [3.8, 4) is 39.7 Å². The molecule has 126 valence electrons. The Hall–Kier alpha value is -3.53. The van der Waals surface area contributed by atoms with Crippen LogP contribution in [0.1, 0.15) is 5.56 Å². The lowest BCUT2D eigenvalue weighted by molar-refractivity contribution is 0.477. The fourth-order valence-electron chi connectivity index (χ4n) is 2.82. The Balaban J connectivity index is 1.97. The van der Waals surface area contributed by atoms with Gasteiger partial charge in [0.15, 0.2) is 5.75 Å². The number of aryl methyl sites for hydroxylation is 1. The van der Waals surface area contributed by atoms with E-state index < -0.39 is 0 Å². The van der Waals surface area contributed by atoms with E-state index in [0.29, 0.717) is 22.6 Å². The smallest absolute Gasteiger partial charge is 0.151 e. The van der Waals surface area contributed by atoms with Crippen molar-refractivity contribution in [2.24, 2.45) is 0 Å². The van der Waals surface area contributed by atoms with Crippen molar-refractivity contribution in [1.82, 2.24) is 15.0 Å². The average molecular weight is 339 g/mol. The highest BCUT2D eigenvalue weighted by molar-refractivity contribution is 5.82. The molecule has 26 heavy (non-hydrogen) atoms. The van der Waals surface area contributed by atoms with Gasteiger partial charge in [0.2, 0.25) is 0 Å². The molecule has 4 rings (SSSR count). The zero-order valence-electron chi connectivity index (χ0n) is 14.3. The molecule has 0 aliphatic heterocycles. The molecule has 0 saturated heterocycles. The van der Waals surface area contributed by atoms with Gasteiger partial charge in [-0.3, -0.25) is 9.97 Å². The molecule has 0 aliphatic carbocycles. The van der Waals surface area contributed by atoms with Gasteiger partial charge in [-0.05, 0) is 42.8 Å². The summed E-state index contributed by atoms with van der Waals surface area (Å²) in [4.78, 5) is 13.4. The first-order valence-electron chi connectivity index (χ1n) is 8.36. The number of benzene rings is 1. The maximum absolute atomic E-state index is 10.9. The Morgan fingerprint density at radius 2 is 1.38 bits per heavy atom. The number of aromatic nitrogens is 3. The summed E-state index contributed by atoms with van der Waals surface area (Å²) in [6.07, 6.45) is 3.42. The van der Waals surface area contributed by atoms with Crippen LogP contribution in [0, 0.1) is 6.92 Å². The molecule has 0 radical (unpaired) electrons. The van der Waals surface area contributed by atoms with Crippen molar-refractivity contribution in [2.75, 3.05) is 0 Å². The predicted octanol–water partition coefficient (Wildman–Crippen LogP) is 4.89. The molecule has 0 amide bonds. The standard InChI is InChI=1S/C22H17N3O/c1-15-8-10-16(11-9-15)17-14-20(18-6-2-4-12-23-18)25-21(22(17)26)19-7-3-5-13-24-19/h2-14,26H,1H3. The van der Waals surface area contributed by atoms with Gasteiger partial charge in [0.05, 0.1) is 17.1 Å². The third kappa shape index (κ3) is 3.05. The summed E-state index contributed by atoms with van der Waals surface area (Å²) in [5, 5.41) is 10.9. The van der Waals surface area contributed by atoms with Gasteiger partial charge in [-0.15, -0.1) is 0 Å². The first-order chi connectivity index (χ1) is 12.7. The predicted molar refractivity (Wildman–Crippen MR) is 103 cm³/mol. The maximum Gasteiger partial charge on any atom is 0.151 e. The molecule has 4 aromatic rings. The van der Waals surface area contributed by atoms with Crippen LogP contribution in [0.5, 0.6) is 5.75 Å². The molecule has 3 heterocycles. The second-order valence-corrected chi connectivity index (χ2v) is 6.05. The van der Waals surface area contributed by atoms with Gasteiger partial charge in [-0.1, -0.05) is 42.0 Å². The van der Waals surface area contributed by atoms with E-state index in [0.717, 1.165) is 16.8 Å². The van der Waals surface area contributed by atoms with Gasteiger partial charge in [0.1, 0.15) is 5.69 Å². The molecule has 1 aromatic carbocycles. The number of rotatable bonds is 3. The number of hydrogen-bond acceptors (Lipinski definition) is 4. The lowest BCUT2D eigenvalue weighted by Crippen LogP contribution is -1.95. The lowest BCUT2D eigenvalue weighted by atomic mass is 10.00. The molecule has 0 spiro atoms. The first-order valence-corrected chi connectivity index (χ1v) is 8.36. The van der Waals surface area contributed by atoms with E-state index in [9.17, 15) is 5.11 Å². The quantitative estimate of drug-likeness (QED) is 0.577. The van der Waals surface area contributed by atoms with Gasteiger partial charge in [0.25, 0.3) is 0 Å². The van der Waals surface area contributed by atoms with Crippen LogP contribution in [0.2, 0.25) is 0 Å². The van der Waals surface area contributed by atoms with E-state index in [-0.39, 0.29) is 5.75 Å². The van der Waals surface area contributed by atoms with E-state index in [1.165, 1.54) is 0 Å². The minimum atomic E-state index is 0.118. The molecule has 0 saturated carbocycles. The molecule has 4 nitrogen and oxygen atoms in total. The average Bonchev–Trinajstić information content (AvgIpc) is 2.70. The Morgan fingerprint density at radius 1 is 0.731 bits per heavy atom. The summed E-state index contributed by atoms with van der Waals surface area (Å²) in [6, 6.07) is 21.1. The van der Waals surface area contributed by atoms with Gasteiger partial charge in [0, 0.05) is 18.0 Å². The minimum Gasteiger partial charge on any atom is -0.505 e. The minimum absolute atomic E-state index is 0.118. The first kappa shape index (κ1) is 16.0. The van der Waals surface area contributed by atoms with E-state index in [1.54, 1.807) is 12.4 Å². The summed E-state index contributed by atoms with van der Waals surface area (Å²) in [5.41, 5.74) is 5.31. The Morgan fingerprint density at radius 3 is 2.00 bits per heavy atom. The van der Waals surface area contributed by atoms with Crippen LogP contribution in [0.15, 0.2) is 79.1 Å². The summed E-state index contributed by atoms with van der Waals surface area (Å²) < 4.78 is 0. The number of nitrogens with zero attached hydrogens (tertiary/aromatic N) is 3. The van der Waals surface area contributed by atoms with Gasteiger partial charge < -0.3 is 5.11 Å². The second-order valence-electron chi connectivity index (χ2n) is 6.05. The number of hydrogen-bond donors (Lipinski definition) is 1. The number of aromatic hydroxyl groups is 1. The molecule has 0 fully saturated rings. The number of pyridine rings is 3. The van der Waals surface area contributed by atoms with E-state index in [2.05, 4.69) is 15.0 Å². The monoisotopic (exact) mass is 339 g/mol. The molecule has 0 bridgehead atoms. The van der Waals surface area contributed by atoms with E-state index >= 15 is 0 Å². The fraction of sp³-hybridized carbons (Fsp3) is 0.0455. The summed E-state index contributed by atoms with van der Waals surface area (Å²) in [5.74, 6) is 0.118. The van der Waals surface area contributed by atoms with Crippen LogP contribution < -0.4 is 0 Å². The SMILES string of the molecule is Cc1ccc(-c2cc(-c3ccccn3)nc(-c3ccccn3)c2O)cc1. The summed E-state index contributed by atoms with van der Waals surface area (Å²) in [6.45, 7) is 2.04. The molecule has 0 aliphatic rings. The van der Waals surface area contributed by atoms with Gasteiger partial charge in [-0.2, -0.15) is 0 Å². The van der Waals surface area contributed by atoms with Gasteiger partial charge in [-0.25, -0.2) is 4.98 Å². The molecular weight excluding hydrogens is 322 g/mol. The molecule has 0 unspecified atom stereocenters. The molecule has 3 aromatic heterocycles. The van der Waals surface area contributed by atoms with Crippen LogP contribution in [0.25, 0.3) is 33.9 Å². The van der Waals surface area contributed by atoms with Crippen LogP contribution in [-0.2, 0) is 0 Å². The van der Waals surface area contributed by atoms with Crippen LogP contribution in [-0.4, -0.2) is 20.1 Å². The maximum atomic E-state index is 10.9. The normalized spacial score (nSPS) is 10.7. The third-order valence-electron chi connectivity index (χ3n) is 4.19. The third-order valence-corrected chi connectivity index (χ3v) is 4.19. The zero-order valence-corrected chi connectivity index (χ0v) is 14.3. The van der Waals surface area contributed by atoms with Crippen molar-refractivity contribution in [1.29, 1.82) is 0 Å². The van der Waals surface area contributed by atoms with Crippen LogP contribution in [0.3, 0.4) is 0 Å². The van der Waals surface area contributed by atoms with E-state index in [4.69, 9.17) is 0 Å². The molecular formula is C22H17N3O. The molecule has 1 N–H and O–H groups in total. The van der Waals surface area contributed by atoms with Crippen molar-refractivity contribution >= 4 is 0 Å². The molecule has 0 atom stereocenters. The van der Waals surface area contributed by atoms with Crippen LogP contribution in [0.4, 0.5) is 0 Å². The van der Waals surface area contributed by atoms with Gasteiger partial charge >= 0.3 is 0 Å². The highest BCUT2D eigenvalue weighted by Crippen LogP contribution is 2.38. The van der Waals surface area contributed by atoms with Crippen molar-refractivity contribution in [3.05, 3.63) is 84.7 Å². The topological polar surface area (TPSA) is 58.9 Å².